The molecule has 1 unspecified atom stereocenters. The molecule has 0 bridgehead atoms. The highest BCUT2D eigenvalue weighted by Gasteiger charge is 2.24. The summed E-state index contributed by atoms with van der Waals surface area (Å²) in [5, 5.41) is 0. The molecular formula is C11H19FN2. The molecule has 2 nitrogen and oxygen atoms in total. The molecule has 0 radical (unpaired) electrons. The number of hydrogen-bond acceptors (Lipinski definition) is 1. The normalized spacial score (nSPS) is 14.4. The van der Waals surface area contributed by atoms with Crippen LogP contribution in [0.15, 0.2) is 12.4 Å². The fraction of sp³-hybridized carbons (Fsp3) is 0.727. The summed E-state index contributed by atoms with van der Waals surface area (Å²) < 4.78 is 15.6. The van der Waals surface area contributed by atoms with Gasteiger partial charge in [-0.3, -0.25) is 0 Å². The Hall–Kier alpha value is -0.860. The number of rotatable bonds is 4. The van der Waals surface area contributed by atoms with E-state index in [0.29, 0.717) is 11.7 Å². The zero-order valence-corrected chi connectivity index (χ0v) is 9.42. The Bertz CT molecular complexity index is 286. The monoisotopic (exact) mass is 198 g/mol. The molecule has 0 saturated heterocycles. The van der Waals surface area contributed by atoms with E-state index < -0.39 is 5.67 Å². The summed E-state index contributed by atoms with van der Waals surface area (Å²) in [5.41, 5.74) is -1.35. The van der Waals surface area contributed by atoms with Crippen molar-refractivity contribution in [3.05, 3.63) is 18.2 Å². The number of halogens is 1. The van der Waals surface area contributed by atoms with Gasteiger partial charge in [0.05, 0.1) is 0 Å². The maximum Gasteiger partial charge on any atom is 0.162 e. The summed E-state index contributed by atoms with van der Waals surface area (Å²) in [7, 11) is 0. The topological polar surface area (TPSA) is 17.8 Å². The summed E-state index contributed by atoms with van der Waals surface area (Å²) in [4.78, 5) is 4.06. The Morgan fingerprint density at radius 2 is 2.21 bits per heavy atom. The lowest BCUT2D eigenvalue weighted by Gasteiger charge is -2.18. The summed E-state index contributed by atoms with van der Waals surface area (Å²) in [6.07, 6.45) is 4.62. The summed E-state index contributed by atoms with van der Waals surface area (Å²) in [5.74, 6) is 1.09. The molecule has 0 aliphatic heterocycles. The van der Waals surface area contributed by atoms with Gasteiger partial charge in [0.1, 0.15) is 5.82 Å². The minimum atomic E-state index is -1.35. The van der Waals surface area contributed by atoms with E-state index in [0.717, 1.165) is 13.0 Å². The number of imidazole rings is 1. The molecule has 0 spiro atoms. The SMILES string of the molecule is CCC(C)Cn1ccnc1C(C)(C)F. The van der Waals surface area contributed by atoms with Crippen molar-refractivity contribution in [2.45, 2.75) is 46.3 Å². The number of aromatic nitrogens is 2. The van der Waals surface area contributed by atoms with E-state index in [1.54, 1.807) is 20.0 Å². The largest absolute Gasteiger partial charge is 0.332 e. The predicted octanol–water partition coefficient (Wildman–Crippen LogP) is 3.13. The van der Waals surface area contributed by atoms with Crippen LogP contribution in [0.25, 0.3) is 0 Å². The molecule has 3 heteroatoms. The third kappa shape index (κ3) is 2.56. The highest BCUT2D eigenvalue weighted by Crippen LogP contribution is 2.23. The van der Waals surface area contributed by atoms with Crippen LogP contribution in [0.2, 0.25) is 0 Å². The number of nitrogens with zero attached hydrogens (tertiary/aromatic N) is 2. The average Bonchev–Trinajstić information content (AvgIpc) is 2.51. The van der Waals surface area contributed by atoms with Crippen LogP contribution < -0.4 is 0 Å². The first-order valence-electron chi connectivity index (χ1n) is 5.15. The van der Waals surface area contributed by atoms with Gasteiger partial charge in [-0.05, 0) is 19.8 Å². The van der Waals surface area contributed by atoms with Gasteiger partial charge in [0.25, 0.3) is 0 Å². The molecule has 0 fully saturated rings. The van der Waals surface area contributed by atoms with Crippen molar-refractivity contribution in [2.75, 3.05) is 0 Å². The first kappa shape index (κ1) is 11.2. The molecule has 1 atom stereocenters. The van der Waals surface area contributed by atoms with Gasteiger partial charge in [0, 0.05) is 18.9 Å². The van der Waals surface area contributed by atoms with Crippen molar-refractivity contribution >= 4 is 0 Å². The van der Waals surface area contributed by atoms with Gasteiger partial charge in [-0.25, -0.2) is 9.37 Å². The molecule has 1 heterocycles. The standard InChI is InChI=1S/C11H19FN2/c1-5-9(2)8-14-7-6-13-10(14)11(3,4)12/h6-7,9H,5,8H2,1-4H3. The molecule has 80 valence electrons. The lowest BCUT2D eigenvalue weighted by molar-refractivity contribution is 0.196. The van der Waals surface area contributed by atoms with Crippen molar-refractivity contribution in [2.24, 2.45) is 5.92 Å². The van der Waals surface area contributed by atoms with Crippen LogP contribution in [0.3, 0.4) is 0 Å². The minimum Gasteiger partial charge on any atom is -0.332 e. The Balaban J connectivity index is 2.83. The van der Waals surface area contributed by atoms with Crippen LogP contribution in [-0.4, -0.2) is 9.55 Å². The molecule has 0 aliphatic carbocycles. The lowest BCUT2D eigenvalue weighted by Crippen LogP contribution is -2.19. The molecule has 0 N–H and O–H groups in total. The van der Waals surface area contributed by atoms with Crippen LogP contribution >= 0.6 is 0 Å². The molecule has 0 aliphatic rings. The smallest absolute Gasteiger partial charge is 0.162 e. The van der Waals surface area contributed by atoms with E-state index in [1.165, 1.54) is 0 Å². The summed E-state index contributed by atoms with van der Waals surface area (Å²) in [6, 6.07) is 0. The third-order valence-corrected chi connectivity index (χ3v) is 2.45. The summed E-state index contributed by atoms with van der Waals surface area (Å²) in [6.45, 7) is 8.24. The van der Waals surface area contributed by atoms with E-state index in [9.17, 15) is 4.39 Å². The van der Waals surface area contributed by atoms with E-state index in [4.69, 9.17) is 0 Å². The van der Waals surface area contributed by atoms with Crippen LogP contribution in [0, 0.1) is 5.92 Å². The highest BCUT2D eigenvalue weighted by atomic mass is 19.1. The molecule has 1 rings (SSSR count). The molecule has 14 heavy (non-hydrogen) atoms. The first-order chi connectivity index (χ1) is 6.45. The van der Waals surface area contributed by atoms with Crippen molar-refractivity contribution in [1.82, 2.24) is 9.55 Å². The number of alkyl halides is 1. The maximum absolute atomic E-state index is 13.7. The first-order valence-corrected chi connectivity index (χ1v) is 5.15. The van der Waals surface area contributed by atoms with Gasteiger partial charge < -0.3 is 4.57 Å². The van der Waals surface area contributed by atoms with E-state index >= 15 is 0 Å². The van der Waals surface area contributed by atoms with E-state index in [1.807, 2.05) is 10.8 Å². The number of hydrogen-bond donors (Lipinski definition) is 0. The minimum absolute atomic E-state index is 0.526. The Labute approximate surface area is 85.2 Å². The molecule has 0 aromatic carbocycles. The maximum atomic E-state index is 13.7. The van der Waals surface area contributed by atoms with Gasteiger partial charge in [-0.1, -0.05) is 20.3 Å². The third-order valence-electron chi connectivity index (χ3n) is 2.45. The van der Waals surface area contributed by atoms with Gasteiger partial charge in [-0.15, -0.1) is 0 Å². The zero-order valence-electron chi connectivity index (χ0n) is 9.42. The van der Waals surface area contributed by atoms with Crippen molar-refractivity contribution in [1.29, 1.82) is 0 Å². The van der Waals surface area contributed by atoms with Gasteiger partial charge in [0.2, 0.25) is 0 Å². The second-order valence-corrected chi connectivity index (χ2v) is 4.39. The zero-order chi connectivity index (χ0) is 10.8. The second-order valence-electron chi connectivity index (χ2n) is 4.39. The molecule has 0 amide bonds. The summed E-state index contributed by atoms with van der Waals surface area (Å²) >= 11 is 0. The van der Waals surface area contributed by atoms with Gasteiger partial charge in [-0.2, -0.15) is 0 Å². The van der Waals surface area contributed by atoms with Crippen molar-refractivity contribution in [3.63, 3.8) is 0 Å². The molecule has 1 aromatic rings. The van der Waals surface area contributed by atoms with Crippen LogP contribution in [0.4, 0.5) is 4.39 Å². The fourth-order valence-electron chi connectivity index (χ4n) is 1.44. The van der Waals surface area contributed by atoms with Crippen molar-refractivity contribution < 1.29 is 4.39 Å². The van der Waals surface area contributed by atoms with E-state index in [2.05, 4.69) is 18.8 Å². The van der Waals surface area contributed by atoms with Crippen LogP contribution in [0.5, 0.6) is 0 Å². The second kappa shape index (κ2) is 4.11. The fourth-order valence-corrected chi connectivity index (χ4v) is 1.44. The van der Waals surface area contributed by atoms with Gasteiger partial charge in [0.15, 0.2) is 5.67 Å². The molecule has 1 aromatic heterocycles. The van der Waals surface area contributed by atoms with Crippen LogP contribution in [0.1, 0.15) is 39.9 Å². The Morgan fingerprint density at radius 3 is 2.71 bits per heavy atom. The average molecular weight is 198 g/mol. The quantitative estimate of drug-likeness (QED) is 0.726. The predicted molar refractivity (Wildman–Crippen MR) is 55.8 cm³/mol. The highest BCUT2D eigenvalue weighted by molar-refractivity contribution is 5.01. The van der Waals surface area contributed by atoms with Crippen molar-refractivity contribution in [3.8, 4) is 0 Å². The molecular weight excluding hydrogens is 179 g/mol. The Morgan fingerprint density at radius 1 is 1.57 bits per heavy atom. The van der Waals surface area contributed by atoms with Gasteiger partial charge >= 0.3 is 0 Å². The lowest BCUT2D eigenvalue weighted by atomic mass is 10.1. The van der Waals surface area contributed by atoms with Crippen LogP contribution in [-0.2, 0) is 12.2 Å². The Kier molecular flexibility index (Phi) is 3.29. The van der Waals surface area contributed by atoms with E-state index in [-0.39, 0.29) is 0 Å². The molecule has 0 saturated carbocycles.